The minimum absolute atomic E-state index is 0.0236. The van der Waals surface area contributed by atoms with Gasteiger partial charge in [0, 0.05) is 36.8 Å². The van der Waals surface area contributed by atoms with Crippen LogP contribution in [0.25, 0.3) is 4.96 Å². The second-order valence-electron chi connectivity index (χ2n) is 5.48. The van der Waals surface area contributed by atoms with Crippen molar-refractivity contribution < 1.29 is 13.2 Å². The lowest BCUT2D eigenvalue weighted by atomic mass is 9.97. The molecule has 1 saturated heterocycles. The molecule has 2 aromatic heterocycles. The highest BCUT2D eigenvalue weighted by Gasteiger charge is 2.28. The van der Waals surface area contributed by atoms with Gasteiger partial charge in [-0.3, -0.25) is 9.20 Å². The van der Waals surface area contributed by atoms with Crippen molar-refractivity contribution in [3.05, 3.63) is 23.5 Å². The highest BCUT2D eigenvalue weighted by atomic mass is 32.2. The van der Waals surface area contributed by atoms with Gasteiger partial charge >= 0.3 is 0 Å². The van der Waals surface area contributed by atoms with E-state index in [1.165, 1.54) is 10.6 Å². The van der Waals surface area contributed by atoms with Crippen molar-refractivity contribution in [2.24, 2.45) is 5.92 Å². The third-order valence-corrected chi connectivity index (χ3v) is 5.95. The van der Waals surface area contributed by atoms with Crippen molar-refractivity contribution in [1.82, 2.24) is 19.0 Å². The Morgan fingerprint density at radius 3 is 2.82 bits per heavy atom. The first-order valence-electron chi connectivity index (χ1n) is 7.07. The van der Waals surface area contributed by atoms with Crippen LogP contribution in [0.3, 0.4) is 0 Å². The van der Waals surface area contributed by atoms with Crippen LogP contribution in [0, 0.1) is 5.92 Å². The number of hydrogen-bond donors (Lipinski definition) is 1. The fraction of sp³-hybridized carbons (Fsp3) is 0.538. The van der Waals surface area contributed by atoms with Gasteiger partial charge in [0.2, 0.25) is 15.9 Å². The highest BCUT2D eigenvalue weighted by Crippen LogP contribution is 2.19. The molecule has 0 aromatic carbocycles. The average molecular weight is 342 g/mol. The van der Waals surface area contributed by atoms with Crippen molar-refractivity contribution in [2.75, 3.05) is 19.3 Å². The van der Waals surface area contributed by atoms with Crippen LogP contribution in [0.4, 0.5) is 0 Å². The lowest BCUT2D eigenvalue weighted by Gasteiger charge is -2.29. The van der Waals surface area contributed by atoms with Gasteiger partial charge in [0.1, 0.15) is 0 Å². The van der Waals surface area contributed by atoms with E-state index < -0.39 is 10.0 Å². The van der Waals surface area contributed by atoms with E-state index >= 15 is 0 Å². The number of thiazole rings is 1. The van der Waals surface area contributed by atoms with Crippen LogP contribution >= 0.6 is 11.3 Å². The van der Waals surface area contributed by atoms with E-state index in [2.05, 4.69) is 10.3 Å². The zero-order valence-electron chi connectivity index (χ0n) is 12.2. The van der Waals surface area contributed by atoms with Crippen LogP contribution in [-0.2, 0) is 21.4 Å². The number of piperidine rings is 1. The van der Waals surface area contributed by atoms with E-state index in [9.17, 15) is 13.2 Å². The maximum Gasteiger partial charge on any atom is 0.223 e. The molecule has 3 heterocycles. The number of carbonyl (C=O) groups excluding carboxylic acids is 1. The zero-order valence-corrected chi connectivity index (χ0v) is 13.9. The van der Waals surface area contributed by atoms with Crippen molar-refractivity contribution in [3.8, 4) is 0 Å². The van der Waals surface area contributed by atoms with Crippen LogP contribution in [0.2, 0.25) is 0 Å². The van der Waals surface area contributed by atoms with E-state index in [0.29, 0.717) is 32.5 Å². The number of carbonyl (C=O) groups is 1. The highest BCUT2D eigenvalue weighted by molar-refractivity contribution is 7.88. The summed E-state index contributed by atoms with van der Waals surface area (Å²) in [5.74, 6) is -0.147. The summed E-state index contributed by atoms with van der Waals surface area (Å²) < 4.78 is 26.3. The molecule has 0 spiro atoms. The van der Waals surface area contributed by atoms with Gasteiger partial charge in [-0.15, -0.1) is 11.3 Å². The third kappa shape index (κ3) is 3.31. The number of nitrogens with zero attached hydrogens (tertiary/aromatic N) is 3. The minimum Gasteiger partial charge on any atom is -0.350 e. The summed E-state index contributed by atoms with van der Waals surface area (Å²) in [4.78, 5) is 17.5. The first-order valence-corrected chi connectivity index (χ1v) is 9.80. The molecule has 0 unspecified atom stereocenters. The topological polar surface area (TPSA) is 83.8 Å². The van der Waals surface area contributed by atoms with Gasteiger partial charge < -0.3 is 5.32 Å². The first-order chi connectivity index (χ1) is 10.4. The summed E-state index contributed by atoms with van der Waals surface area (Å²) in [6, 6.07) is 0. The molecule has 2 aromatic rings. The molecule has 3 rings (SSSR count). The molecule has 1 aliphatic rings. The first kappa shape index (κ1) is 15.4. The molecular weight excluding hydrogens is 324 g/mol. The Kier molecular flexibility index (Phi) is 4.20. The molecule has 1 fully saturated rings. The molecular formula is C13H18N4O3S2. The zero-order chi connectivity index (χ0) is 15.7. The summed E-state index contributed by atoms with van der Waals surface area (Å²) >= 11 is 1.55. The van der Waals surface area contributed by atoms with Gasteiger partial charge in [-0.1, -0.05) is 0 Å². The fourth-order valence-electron chi connectivity index (χ4n) is 2.63. The SMILES string of the molecule is CS(=O)(=O)N1CCC(C(=O)NCc2cn3ccsc3n2)CC1. The fourth-order valence-corrected chi connectivity index (χ4v) is 4.23. The van der Waals surface area contributed by atoms with Gasteiger partial charge in [0.25, 0.3) is 0 Å². The molecule has 0 bridgehead atoms. The third-order valence-electron chi connectivity index (χ3n) is 3.88. The molecule has 7 nitrogen and oxygen atoms in total. The predicted octanol–water partition coefficient (Wildman–Crippen LogP) is 0.684. The summed E-state index contributed by atoms with van der Waals surface area (Å²) in [5, 5.41) is 4.85. The largest absolute Gasteiger partial charge is 0.350 e. The van der Waals surface area contributed by atoms with Crippen LogP contribution < -0.4 is 5.32 Å². The molecule has 0 radical (unpaired) electrons. The molecule has 9 heteroatoms. The van der Waals surface area contributed by atoms with Gasteiger partial charge in [0.15, 0.2) is 4.96 Å². The Hall–Kier alpha value is -1.45. The Morgan fingerprint density at radius 2 is 2.18 bits per heavy atom. The lowest BCUT2D eigenvalue weighted by Crippen LogP contribution is -2.42. The van der Waals surface area contributed by atoms with E-state index in [4.69, 9.17) is 0 Å². The molecule has 1 N–H and O–H groups in total. The Morgan fingerprint density at radius 1 is 1.45 bits per heavy atom. The van der Waals surface area contributed by atoms with Gasteiger partial charge in [-0.05, 0) is 12.8 Å². The summed E-state index contributed by atoms with van der Waals surface area (Å²) in [6.45, 7) is 1.23. The molecule has 120 valence electrons. The maximum atomic E-state index is 12.2. The number of amides is 1. The monoisotopic (exact) mass is 342 g/mol. The van der Waals surface area contributed by atoms with Gasteiger partial charge in [0.05, 0.1) is 18.5 Å². The number of aromatic nitrogens is 2. The van der Waals surface area contributed by atoms with Crippen LogP contribution in [0.15, 0.2) is 17.8 Å². The normalized spacial score (nSPS) is 17.9. The quantitative estimate of drug-likeness (QED) is 0.886. The van der Waals surface area contributed by atoms with Gasteiger partial charge in [-0.2, -0.15) is 0 Å². The van der Waals surface area contributed by atoms with Crippen molar-refractivity contribution >= 4 is 32.2 Å². The van der Waals surface area contributed by atoms with Gasteiger partial charge in [-0.25, -0.2) is 17.7 Å². The Labute approximate surface area is 133 Å². The second-order valence-corrected chi connectivity index (χ2v) is 8.33. The number of imidazole rings is 1. The number of fused-ring (bicyclic) bond motifs is 1. The molecule has 0 aliphatic carbocycles. The van der Waals surface area contributed by atoms with Crippen molar-refractivity contribution in [3.63, 3.8) is 0 Å². The van der Waals surface area contributed by atoms with Crippen molar-refractivity contribution in [1.29, 1.82) is 0 Å². The summed E-state index contributed by atoms with van der Waals surface area (Å²) in [7, 11) is -3.15. The van der Waals surface area contributed by atoms with E-state index in [1.807, 2.05) is 22.2 Å². The van der Waals surface area contributed by atoms with E-state index in [0.717, 1.165) is 10.7 Å². The number of rotatable bonds is 4. The molecule has 0 atom stereocenters. The van der Waals surface area contributed by atoms with E-state index in [-0.39, 0.29) is 11.8 Å². The summed E-state index contributed by atoms with van der Waals surface area (Å²) in [6.07, 6.45) is 6.17. The van der Waals surface area contributed by atoms with Crippen LogP contribution in [0.1, 0.15) is 18.5 Å². The standard InChI is InChI=1S/C13H18N4O3S2/c1-22(19,20)17-4-2-10(3-5-17)12(18)14-8-11-9-16-6-7-21-13(16)15-11/h6-7,9-10H,2-5,8H2,1H3,(H,14,18). The number of sulfonamides is 1. The smallest absolute Gasteiger partial charge is 0.223 e. The average Bonchev–Trinajstić information content (AvgIpc) is 3.05. The molecule has 22 heavy (non-hydrogen) atoms. The summed E-state index contributed by atoms with van der Waals surface area (Å²) in [5.41, 5.74) is 0.828. The molecule has 1 aliphatic heterocycles. The Bertz CT molecular complexity index is 744. The minimum atomic E-state index is -3.15. The predicted molar refractivity (Wildman–Crippen MR) is 84.1 cm³/mol. The lowest BCUT2D eigenvalue weighted by molar-refractivity contribution is -0.126. The van der Waals surface area contributed by atoms with Crippen LogP contribution in [-0.4, -0.2) is 47.4 Å². The number of nitrogens with one attached hydrogen (secondary N) is 1. The second kappa shape index (κ2) is 5.98. The molecule has 1 amide bonds. The Balaban J connectivity index is 1.51. The van der Waals surface area contributed by atoms with Crippen LogP contribution in [0.5, 0.6) is 0 Å². The number of hydrogen-bond acceptors (Lipinski definition) is 5. The molecule has 0 saturated carbocycles. The van der Waals surface area contributed by atoms with E-state index in [1.54, 1.807) is 11.3 Å². The maximum absolute atomic E-state index is 12.2. The van der Waals surface area contributed by atoms with Crippen molar-refractivity contribution in [2.45, 2.75) is 19.4 Å².